The van der Waals surface area contributed by atoms with Crippen LogP contribution in [0.2, 0.25) is 0 Å². The van der Waals surface area contributed by atoms with E-state index in [1.807, 2.05) is 18.6 Å². The molecule has 1 unspecified atom stereocenters. The molecule has 0 fully saturated rings. The van der Waals surface area contributed by atoms with E-state index < -0.39 is 0 Å². The third-order valence-corrected chi connectivity index (χ3v) is 3.00. The van der Waals surface area contributed by atoms with Gasteiger partial charge in [-0.2, -0.15) is 0 Å². The second kappa shape index (κ2) is 6.35. The first-order valence-corrected chi connectivity index (χ1v) is 6.51. The van der Waals surface area contributed by atoms with Crippen LogP contribution in [0, 0.1) is 0 Å². The standard InChI is InChI=1S/C13H21N5/c1-3-13-17-8-9-18(13)10-11(2)14-5-4-12-15-6-7-16-12/h6-9,11,14H,3-5,10H2,1-2H3,(H,15,16). The lowest BCUT2D eigenvalue weighted by atomic mass is 10.3. The highest BCUT2D eigenvalue weighted by Gasteiger charge is 2.06. The number of rotatable bonds is 7. The zero-order valence-electron chi connectivity index (χ0n) is 11.1. The Kier molecular flexibility index (Phi) is 4.52. The summed E-state index contributed by atoms with van der Waals surface area (Å²) < 4.78 is 2.21. The van der Waals surface area contributed by atoms with E-state index in [2.05, 4.69) is 38.7 Å². The number of imidazole rings is 2. The molecule has 0 saturated carbocycles. The van der Waals surface area contributed by atoms with Crippen LogP contribution in [0.15, 0.2) is 24.8 Å². The number of hydrogen-bond donors (Lipinski definition) is 2. The van der Waals surface area contributed by atoms with Gasteiger partial charge in [0.25, 0.3) is 0 Å². The summed E-state index contributed by atoms with van der Waals surface area (Å²) in [6.45, 7) is 6.22. The Morgan fingerprint density at radius 1 is 1.39 bits per heavy atom. The molecule has 0 radical (unpaired) electrons. The van der Waals surface area contributed by atoms with Gasteiger partial charge in [-0.15, -0.1) is 0 Å². The summed E-state index contributed by atoms with van der Waals surface area (Å²) in [5.41, 5.74) is 0. The fourth-order valence-electron chi connectivity index (χ4n) is 2.05. The van der Waals surface area contributed by atoms with Crippen LogP contribution in [-0.4, -0.2) is 32.1 Å². The Morgan fingerprint density at radius 3 is 3.00 bits per heavy atom. The summed E-state index contributed by atoms with van der Waals surface area (Å²) in [4.78, 5) is 11.6. The summed E-state index contributed by atoms with van der Waals surface area (Å²) in [6, 6.07) is 0.430. The molecule has 0 amide bonds. The minimum absolute atomic E-state index is 0.430. The molecule has 0 aliphatic heterocycles. The van der Waals surface area contributed by atoms with Crippen molar-refractivity contribution in [3.05, 3.63) is 36.4 Å². The smallest absolute Gasteiger partial charge is 0.108 e. The van der Waals surface area contributed by atoms with Gasteiger partial charge < -0.3 is 14.9 Å². The normalized spacial score (nSPS) is 12.8. The average Bonchev–Trinajstić information content (AvgIpc) is 3.00. The van der Waals surface area contributed by atoms with Crippen molar-refractivity contribution in [1.82, 2.24) is 24.8 Å². The van der Waals surface area contributed by atoms with Gasteiger partial charge in [-0.3, -0.25) is 0 Å². The van der Waals surface area contributed by atoms with E-state index in [9.17, 15) is 0 Å². The van der Waals surface area contributed by atoms with E-state index in [1.54, 1.807) is 6.20 Å². The molecule has 0 spiro atoms. The van der Waals surface area contributed by atoms with E-state index in [0.29, 0.717) is 6.04 Å². The Morgan fingerprint density at radius 2 is 2.28 bits per heavy atom. The lowest BCUT2D eigenvalue weighted by Crippen LogP contribution is -2.32. The average molecular weight is 247 g/mol. The second-order valence-corrected chi connectivity index (χ2v) is 4.49. The molecule has 0 aliphatic rings. The lowest BCUT2D eigenvalue weighted by molar-refractivity contribution is 0.469. The van der Waals surface area contributed by atoms with Crippen molar-refractivity contribution < 1.29 is 0 Å². The topological polar surface area (TPSA) is 58.5 Å². The number of hydrogen-bond acceptors (Lipinski definition) is 3. The Hall–Kier alpha value is -1.62. The number of aromatic amines is 1. The SMILES string of the molecule is CCc1nccn1CC(C)NCCc1ncc[nH]1. The maximum Gasteiger partial charge on any atom is 0.108 e. The third kappa shape index (κ3) is 3.43. The highest BCUT2D eigenvalue weighted by atomic mass is 15.1. The highest BCUT2D eigenvalue weighted by molar-refractivity contribution is 4.92. The molecule has 0 aliphatic carbocycles. The molecule has 2 aromatic rings. The lowest BCUT2D eigenvalue weighted by Gasteiger charge is -2.15. The monoisotopic (exact) mass is 247 g/mol. The van der Waals surface area contributed by atoms with Gasteiger partial charge in [0, 0.05) is 56.8 Å². The largest absolute Gasteiger partial charge is 0.349 e. The molecule has 5 heteroatoms. The molecule has 0 aromatic carbocycles. The van der Waals surface area contributed by atoms with E-state index in [-0.39, 0.29) is 0 Å². The number of H-pyrrole nitrogens is 1. The van der Waals surface area contributed by atoms with Crippen LogP contribution in [0.3, 0.4) is 0 Å². The zero-order chi connectivity index (χ0) is 12.8. The number of nitrogens with zero attached hydrogens (tertiary/aromatic N) is 3. The summed E-state index contributed by atoms with van der Waals surface area (Å²) in [5, 5.41) is 3.50. The molecule has 2 heterocycles. The third-order valence-electron chi connectivity index (χ3n) is 3.00. The van der Waals surface area contributed by atoms with Gasteiger partial charge >= 0.3 is 0 Å². The van der Waals surface area contributed by atoms with Crippen LogP contribution < -0.4 is 5.32 Å². The molecule has 5 nitrogen and oxygen atoms in total. The Balaban J connectivity index is 1.73. The maximum atomic E-state index is 4.33. The molecule has 2 aromatic heterocycles. The first kappa shape index (κ1) is 12.8. The summed E-state index contributed by atoms with van der Waals surface area (Å²) in [5.74, 6) is 2.18. The van der Waals surface area contributed by atoms with Gasteiger partial charge in [-0.1, -0.05) is 6.92 Å². The van der Waals surface area contributed by atoms with Gasteiger partial charge in [0.15, 0.2) is 0 Å². The highest BCUT2D eigenvalue weighted by Crippen LogP contribution is 2.00. The molecule has 18 heavy (non-hydrogen) atoms. The Bertz CT molecular complexity index is 446. The van der Waals surface area contributed by atoms with E-state index >= 15 is 0 Å². The quantitative estimate of drug-likeness (QED) is 0.777. The second-order valence-electron chi connectivity index (χ2n) is 4.49. The van der Waals surface area contributed by atoms with Crippen LogP contribution in [0.5, 0.6) is 0 Å². The van der Waals surface area contributed by atoms with Crippen LogP contribution in [0.1, 0.15) is 25.5 Å². The fourth-order valence-corrected chi connectivity index (χ4v) is 2.05. The van der Waals surface area contributed by atoms with E-state index in [4.69, 9.17) is 0 Å². The van der Waals surface area contributed by atoms with Gasteiger partial charge in [-0.05, 0) is 6.92 Å². The van der Waals surface area contributed by atoms with Gasteiger partial charge in [0.2, 0.25) is 0 Å². The summed E-state index contributed by atoms with van der Waals surface area (Å²) >= 11 is 0. The van der Waals surface area contributed by atoms with Crippen LogP contribution in [-0.2, 0) is 19.4 Å². The number of aromatic nitrogens is 4. The van der Waals surface area contributed by atoms with Crippen molar-refractivity contribution >= 4 is 0 Å². The molecule has 0 saturated heterocycles. The van der Waals surface area contributed by atoms with Crippen molar-refractivity contribution in [2.24, 2.45) is 0 Å². The summed E-state index contributed by atoms with van der Waals surface area (Å²) in [6.07, 6.45) is 9.47. The van der Waals surface area contributed by atoms with E-state index in [0.717, 1.165) is 37.6 Å². The van der Waals surface area contributed by atoms with E-state index in [1.165, 1.54) is 0 Å². The van der Waals surface area contributed by atoms with Crippen LogP contribution >= 0.6 is 0 Å². The maximum absolute atomic E-state index is 4.33. The first-order valence-electron chi connectivity index (χ1n) is 6.51. The van der Waals surface area contributed by atoms with Gasteiger partial charge in [-0.25, -0.2) is 9.97 Å². The van der Waals surface area contributed by atoms with Gasteiger partial charge in [0.05, 0.1) is 0 Å². The molecular weight excluding hydrogens is 226 g/mol. The molecule has 2 rings (SSSR count). The predicted octanol–water partition coefficient (Wildman–Crippen LogP) is 1.39. The molecule has 0 bridgehead atoms. The number of aryl methyl sites for hydroxylation is 1. The molecule has 98 valence electrons. The minimum atomic E-state index is 0.430. The molecule has 1 atom stereocenters. The van der Waals surface area contributed by atoms with Gasteiger partial charge in [0.1, 0.15) is 11.6 Å². The minimum Gasteiger partial charge on any atom is -0.349 e. The molecular formula is C13H21N5. The summed E-state index contributed by atoms with van der Waals surface area (Å²) in [7, 11) is 0. The number of nitrogens with one attached hydrogen (secondary N) is 2. The van der Waals surface area contributed by atoms with Crippen molar-refractivity contribution in [3.8, 4) is 0 Å². The van der Waals surface area contributed by atoms with Crippen molar-refractivity contribution in [3.63, 3.8) is 0 Å². The predicted molar refractivity (Wildman–Crippen MR) is 71.4 cm³/mol. The van der Waals surface area contributed by atoms with Crippen LogP contribution in [0.25, 0.3) is 0 Å². The molecule has 2 N–H and O–H groups in total. The van der Waals surface area contributed by atoms with Crippen molar-refractivity contribution in [2.45, 2.75) is 39.3 Å². The van der Waals surface area contributed by atoms with Crippen molar-refractivity contribution in [2.75, 3.05) is 6.54 Å². The fraction of sp³-hybridized carbons (Fsp3) is 0.538. The van der Waals surface area contributed by atoms with Crippen LogP contribution in [0.4, 0.5) is 0 Å². The Labute approximate surface area is 108 Å². The first-order chi connectivity index (χ1) is 8.79. The van der Waals surface area contributed by atoms with Crippen molar-refractivity contribution in [1.29, 1.82) is 0 Å². The zero-order valence-corrected chi connectivity index (χ0v) is 11.1.